The van der Waals surface area contributed by atoms with Crippen molar-refractivity contribution >= 4 is 27.3 Å². The van der Waals surface area contributed by atoms with E-state index in [1.165, 1.54) is 23.5 Å². The minimum absolute atomic E-state index is 0.0561. The third kappa shape index (κ3) is 4.99. The van der Waals surface area contributed by atoms with Crippen LogP contribution in [-0.4, -0.2) is 49.1 Å². The van der Waals surface area contributed by atoms with Crippen molar-refractivity contribution in [3.05, 3.63) is 40.9 Å². The third-order valence-electron chi connectivity index (χ3n) is 4.84. The van der Waals surface area contributed by atoms with Gasteiger partial charge in [0.25, 0.3) is 0 Å². The minimum atomic E-state index is -3.45. The number of carbonyl (C=O) groups is 1. The number of aromatic nitrogens is 1. The number of sulfonamides is 1. The molecule has 10 heteroatoms. The van der Waals surface area contributed by atoms with E-state index in [-0.39, 0.29) is 17.4 Å². The quantitative estimate of drug-likeness (QED) is 0.745. The minimum Gasteiger partial charge on any atom is -0.337 e. The van der Waals surface area contributed by atoms with Crippen LogP contribution in [0.4, 0.5) is 8.78 Å². The first kappa shape index (κ1) is 21.8. The molecule has 1 amide bonds. The summed E-state index contributed by atoms with van der Waals surface area (Å²) in [5.41, 5.74) is 0.677. The van der Waals surface area contributed by atoms with Crippen LogP contribution in [-0.2, 0) is 21.2 Å². The molecule has 3 rings (SSSR count). The fourth-order valence-corrected chi connectivity index (χ4v) is 5.21. The fourth-order valence-electron chi connectivity index (χ4n) is 3.53. The standard InChI is InChI=1S/C19H23F2N3O3S2/c1-11(2)19(25)24-8-7-15(23-29(3,26)27)16(24)9-12-10-28-18(22-12)13-5-4-6-14(20)17(13)21/h4-6,10-11,15-16,23H,7-9H2,1-3H3/t15-,16-/m0/s1. The Kier molecular flexibility index (Phi) is 6.35. The van der Waals surface area contributed by atoms with Gasteiger partial charge in [-0.25, -0.2) is 26.9 Å². The van der Waals surface area contributed by atoms with Crippen molar-refractivity contribution < 1.29 is 22.0 Å². The van der Waals surface area contributed by atoms with E-state index in [2.05, 4.69) is 9.71 Å². The Bertz CT molecular complexity index is 1010. The normalized spacial score (nSPS) is 19.9. The molecule has 0 spiro atoms. The van der Waals surface area contributed by atoms with E-state index in [0.717, 1.165) is 12.3 Å². The first-order valence-electron chi connectivity index (χ1n) is 9.23. The third-order valence-corrected chi connectivity index (χ3v) is 6.50. The van der Waals surface area contributed by atoms with E-state index in [4.69, 9.17) is 0 Å². The molecule has 1 fully saturated rings. The molecule has 0 aliphatic carbocycles. The van der Waals surface area contributed by atoms with Crippen LogP contribution in [0, 0.1) is 17.6 Å². The second-order valence-corrected chi connectivity index (χ2v) is 10.1. The summed E-state index contributed by atoms with van der Waals surface area (Å²) in [6, 6.07) is 3.10. The molecule has 0 unspecified atom stereocenters. The lowest BCUT2D eigenvalue weighted by atomic mass is 10.0. The lowest BCUT2D eigenvalue weighted by Gasteiger charge is -2.29. The summed E-state index contributed by atoms with van der Waals surface area (Å²) in [6.45, 7) is 4.04. The van der Waals surface area contributed by atoms with Gasteiger partial charge in [-0.1, -0.05) is 19.9 Å². The molecule has 0 radical (unpaired) electrons. The average molecular weight is 444 g/mol. The van der Waals surface area contributed by atoms with E-state index >= 15 is 0 Å². The van der Waals surface area contributed by atoms with E-state index in [9.17, 15) is 22.0 Å². The maximum Gasteiger partial charge on any atom is 0.225 e. The molecule has 6 nitrogen and oxygen atoms in total. The number of nitrogens with zero attached hydrogens (tertiary/aromatic N) is 2. The summed E-state index contributed by atoms with van der Waals surface area (Å²) >= 11 is 1.18. The zero-order valence-electron chi connectivity index (χ0n) is 16.4. The van der Waals surface area contributed by atoms with Crippen molar-refractivity contribution in [1.82, 2.24) is 14.6 Å². The predicted octanol–water partition coefficient (Wildman–Crippen LogP) is 2.81. The molecule has 158 valence electrons. The highest BCUT2D eigenvalue weighted by Gasteiger charge is 2.39. The van der Waals surface area contributed by atoms with Gasteiger partial charge in [0, 0.05) is 35.9 Å². The molecule has 2 aromatic rings. The van der Waals surface area contributed by atoms with Crippen molar-refractivity contribution in [3.8, 4) is 10.6 Å². The SMILES string of the molecule is CC(C)C(=O)N1CC[C@H](NS(C)(=O)=O)[C@@H]1Cc1csc(-c2cccc(F)c2F)n1. The first-order valence-corrected chi connectivity index (χ1v) is 12.0. The van der Waals surface area contributed by atoms with Crippen LogP contribution in [0.2, 0.25) is 0 Å². The van der Waals surface area contributed by atoms with Crippen LogP contribution in [0.15, 0.2) is 23.6 Å². The molecule has 0 bridgehead atoms. The number of hydrogen-bond acceptors (Lipinski definition) is 5. The van der Waals surface area contributed by atoms with E-state index in [0.29, 0.717) is 30.1 Å². The second kappa shape index (κ2) is 8.45. The number of thiazole rings is 1. The Morgan fingerprint density at radius 2 is 2.10 bits per heavy atom. The molecule has 1 saturated heterocycles. The van der Waals surface area contributed by atoms with Gasteiger partial charge in [-0.2, -0.15) is 0 Å². The number of hydrogen-bond donors (Lipinski definition) is 1. The number of benzene rings is 1. The maximum absolute atomic E-state index is 14.1. The lowest BCUT2D eigenvalue weighted by molar-refractivity contribution is -0.135. The van der Waals surface area contributed by atoms with Gasteiger partial charge in [0.1, 0.15) is 5.01 Å². The molecule has 29 heavy (non-hydrogen) atoms. The molecule has 1 N–H and O–H groups in total. The van der Waals surface area contributed by atoms with Gasteiger partial charge in [-0.15, -0.1) is 11.3 Å². The van der Waals surface area contributed by atoms with E-state index in [1.807, 2.05) is 0 Å². The highest BCUT2D eigenvalue weighted by molar-refractivity contribution is 7.88. The summed E-state index contributed by atoms with van der Waals surface area (Å²) < 4.78 is 53.7. The van der Waals surface area contributed by atoms with Gasteiger partial charge in [-0.05, 0) is 18.6 Å². The maximum atomic E-state index is 14.1. The van der Waals surface area contributed by atoms with Crippen LogP contribution in [0.5, 0.6) is 0 Å². The monoisotopic (exact) mass is 443 g/mol. The molecule has 1 aliphatic rings. The summed E-state index contributed by atoms with van der Waals surface area (Å²) in [7, 11) is -3.45. The van der Waals surface area contributed by atoms with E-state index < -0.39 is 33.7 Å². The summed E-state index contributed by atoms with van der Waals surface area (Å²) in [5, 5.41) is 2.07. The number of nitrogens with one attached hydrogen (secondary N) is 1. The van der Waals surface area contributed by atoms with Gasteiger partial charge in [0.2, 0.25) is 15.9 Å². The smallest absolute Gasteiger partial charge is 0.225 e. The Labute approximate surface area is 173 Å². The van der Waals surface area contributed by atoms with Crippen molar-refractivity contribution in [2.45, 2.75) is 38.8 Å². The Morgan fingerprint density at radius 3 is 2.76 bits per heavy atom. The zero-order chi connectivity index (χ0) is 21.3. The van der Waals surface area contributed by atoms with Crippen LogP contribution in [0.3, 0.4) is 0 Å². The number of halogens is 2. The summed E-state index contributed by atoms with van der Waals surface area (Å²) in [6.07, 6.45) is 1.91. The second-order valence-electron chi connectivity index (χ2n) is 7.49. The largest absolute Gasteiger partial charge is 0.337 e. The van der Waals surface area contributed by atoms with Gasteiger partial charge < -0.3 is 4.90 Å². The Balaban J connectivity index is 1.87. The van der Waals surface area contributed by atoms with Crippen LogP contribution in [0.25, 0.3) is 10.6 Å². The number of amides is 1. The van der Waals surface area contributed by atoms with Crippen molar-refractivity contribution in [2.75, 3.05) is 12.8 Å². The van der Waals surface area contributed by atoms with Gasteiger partial charge in [0.15, 0.2) is 11.6 Å². The number of carbonyl (C=O) groups excluding carboxylic acids is 1. The van der Waals surface area contributed by atoms with Crippen molar-refractivity contribution in [3.63, 3.8) is 0 Å². The van der Waals surface area contributed by atoms with Crippen LogP contribution in [0.1, 0.15) is 26.0 Å². The molecule has 1 aromatic carbocycles. The van der Waals surface area contributed by atoms with Gasteiger partial charge in [-0.3, -0.25) is 4.79 Å². The van der Waals surface area contributed by atoms with E-state index in [1.54, 1.807) is 24.1 Å². The molecule has 0 saturated carbocycles. The Hall–Kier alpha value is -1.91. The summed E-state index contributed by atoms with van der Waals surface area (Å²) in [4.78, 5) is 18.7. The highest BCUT2D eigenvalue weighted by atomic mass is 32.2. The zero-order valence-corrected chi connectivity index (χ0v) is 18.0. The number of likely N-dealkylation sites (tertiary alicyclic amines) is 1. The van der Waals surface area contributed by atoms with Gasteiger partial charge in [0.05, 0.1) is 18.0 Å². The number of rotatable bonds is 6. The summed E-state index contributed by atoms with van der Waals surface area (Å²) in [5.74, 6) is -2.18. The molecule has 2 heterocycles. The van der Waals surface area contributed by atoms with Crippen molar-refractivity contribution in [2.24, 2.45) is 5.92 Å². The molecular formula is C19H23F2N3O3S2. The first-order chi connectivity index (χ1) is 13.6. The predicted molar refractivity (Wildman–Crippen MR) is 108 cm³/mol. The fraction of sp³-hybridized carbons (Fsp3) is 0.474. The van der Waals surface area contributed by atoms with Crippen LogP contribution < -0.4 is 4.72 Å². The average Bonchev–Trinajstić information content (AvgIpc) is 3.23. The Morgan fingerprint density at radius 1 is 1.38 bits per heavy atom. The molecule has 1 aromatic heterocycles. The lowest BCUT2D eigenvalue weighted by Crippen LogP contribution is -2.48. The molecule has 1 aliphatic heterocycles. The highest BCUT2D eigenvalue weighted by Crippen LogP contribution is 2.30. The van der Waals surface area contributed by atoms with Gasteiger partial charge >= 0.3 is 0 Å². The molecular weight excluding hydrogens is 420 g/mol. The topological polar surface area (TPSA) is 79.4 Å². The van der Waals surface area contributed by atoms with Crippen molar-refractivity contribution in [1.29, 1.82) is 0 Å². The molecule has 2 atom stereocenters. The van der Waals surface area contributed by atoms with Crippen LogP contribution >= 0.6 is 11.3 Å².